The summed E-state index contributed by atoms with van der Waals surface area (Å²) in [4.78, 5) is 6.75. The van der Waals surface area contributed by atoms with Gasteiger partial charge in [0.1, 0.15) is 5.82 Å². The highest BCUT2D eigenvalue weighted by atomic mass is 16.3. The lowest BCUT2D eigenvalue weighted by Crippen LogP contribution is -2.40. The predicted molar refractivity (Wildman–Crippen MR) is 74.7 cm³/mol. The Bertz CT molecular complexity index is 392. The lowest BCUT2D eigenvalue weighted by Gasteiger charge is -2.38. The van der Waals surface area contributed by atoms with Crippen LogP contribution in [0.25, 0.3) is 0 Å². The van der Waals surface area contributed by atoms with Crippen molar-refractivity contribution in [1.82, 2.24) is 4.98 Å². The Morgan fingerprint density at radius 3 is 2.78 bits per heavy atom. The molecule has 18 heavy (non-hydrogen) atoms. The summed E-state index contributed by atoms with van der Waals surface area (Å²) < 4.78 is 0. The lowest BCUT2D eigenvalue weighted by atomic mass is 9.85. The van der Waals surface area contributed by atoms with Crippen molar-refractivity contribution < 1.29 is 5.11 Å². The molecule has 1 aromatic heterocycles. The minimum absolute atomic E-state index is 0.463. The van der Waals surface area contributed by atoms with Crippen molar-refractivity contribution in [3.63, 3.8) is 0 Å². The van der Waals surface area contributed by atoms with Crippen LogP contribution in [0.5, 0.6) is 0 Å². The van der Waals surface area contributed by atoms with Gasteiger partial charge in [0.2, 0.25) is 0 Å². The number of rotatable bonds is 3. The zero-order valence-corrected chi connectivity index (χ0v) is 11.6. The maximum atomic E-state index is 9.85. The highest BCUT2D eigenvalue weighted by Crippen LogP contribution is 2.32. The van der Waals surface area contributed by atoms with Crippen LogP contribution in [0.15, 0.2) is 18.3 Å². The van der Waals surface area contributed by atoms with E-state index < -0.39 is 6.10 Å². The molecular weight excluding hydrogens is 224 g/mol. The third-order valence-corrected chi connectivity index (χ3v) is 4.16. The first-order chi connectivity index (χ1) is 8.61. The van der Waals surface area contributed by atoms with Gasteiger partial charge in [-0.1, -0.05) is 25.8 Å². The number of hydrogen-bond acceptors (Lipinski definition) is 3. The van der Waals surface area contributed by atoms with Gasteiger partial charge in [-0.25, -0.2) is 4.98 Å². The average molecular weight is 248 g/mol. The molecule has 1 N–H and O–H groups in total. The second-order valence-electron chi connectivity index (χ2n) is 5.53. The predicted octanol–water partition coefficient (Wildman–Crippen LogP) is 3.15. The Balaban J connectivity index is 2.24. The van der Waals surface area contributed by atoms with Gasteiger partial charge in [-0.15, -0.1) is 0 Å². The standard InChI is InChI=1S/C15H24N2O/c1-11-7-4-5-9-14(11)17(3)15-13(12(2)18)8-6-10-16-15/h6,8,10-12,14,18H,4-5,7,9H2,1-3H3/t11?,12-,14?/m1/s1. The fraction of sp³-hybridized carbons (Fsp3) is 0.667. The summed E-state index contributed by atoms with van der Waals surface area (Å²) in [5.74, 6) is 1.64. The van der Waals surface area contributed by atoms with Crippen LogP contribution >= 0.6 is 0 Å². The molecule has 100 valence electrons. The molecule has 0 bridgehead atoms. The maximum Gasteiger partial charge on any atom is 0.134 e. The van der Waals surface area contributed by atoms with Gasteiger partial charge in [0, 0.05) is 24.8 Å². The number of aromatic nitrogens is 1. The van der Waals surface area contributed by atoms with Crippen molar-refractivity contribution in [2.24, 2.45) is 5.92 Å². The largest absolute Gasteiger partial charge is 0.389 e. The molecule has 1 aromatic rings. The van der Waals surface area contributed by atoms with Gasteiger partial charge in [0.25, 0.3) is 0 Å². The topological polar surface area (TPSA) is 36.4 Å². The summed E-state index contributed by atoms with van der Waals surface area (Å²) in [5.41, 5.74) is 0.928. The minimum atomic E-state index is -0.463. The fourth-order valence-electron chi connectivity index (χ4n) is 3.06. The first-order valence-corrected chi connectivity index (χ1v) is 6.97. The normalized spacial score (nSPS) is 25.8. The number of pyridine rings is 1. The van der Waals surface area contributed by atoms with Crippen LogP contribution in [-0.2, 0) is 0 Å². The fourth-order valence-corrected chi connectivity index (χ4v) is 3.06. The molecular formula is C15H24N2O. The second kappa shape index (κ2) is 5.70. The van der Waals surface area contributed by atoms with E-state index in [2.05, 4.69) is 23.9 Å². The summed E-state index contributed by atoms with van der Waals surface area (Å²) >= 11 is 0. The molecule has 0 aromatic carbocycles. The number of aliphatic hydroxyl groups excluding tert-OH is 1. The second-order valence-corrected chi connectivity index (χ2v) is 5.53. The van der Waals surface area contributed by atoms with E-state index in [0.29, 0.717) is 12.0 Å². The van der Waals surface area contributed by atoms with Gasteiger partial charge in [-0.2, -0.15) is 0 Å². The van der Waals surface area contributed by atoms with Crippen LogP contribution in [-0.4, -0.2) is 23.2 Å². The van der Waals surface area contributed by atoms with E-state index in [1.54, 1.807) is 6.92 Å². The molecule has 1 saturated carbocycles. The summed E-state index contributed by atoms with van der Waals surface area (Å²) in [6, 6.07) is 4.41. The van der Waals surface area contributed by atoms with E-state index in [4.69, 9.17) is 0 Å². The molecule has 2 unspecified atom stereocenters. The van der Waals surface area contributed by atoms with Crippen molar-refractivity contribution >= 4 is 5.82 Å². The Labute approximate surface area is 110 Å². The molecule has 0 spiro atoms. The van der Waals surface area contributed by atoms with Gasteiger partial charge < -0.3 is 10.0 Å². The molecule has 2 rings (SSSR count). The monoisotopic (exact) mass is 248 g/mol. The molecule has 1 aliphatic rings. The number of anilines is 1. The molecule has 0 amide bonds. The molecule has 3 heteroatoms. The molecule has 1 heterocycles. The van der Waals surface area contributed by atoms with Gasteiger partial charge in [-0.3, -0.25) is 0 Å². The van der Waals surface area contributed by atoms with Crippen molar-refractivity contribution in [3.05, 3.63) is 23.9 Å². The average Bonchev–Trinajstić information content (AvgIpc) is 2.38. The van der Waals surface area contributed by atoms with E-state index in [-0.39, 0.29) is 0 Å². The highest BCUT2D eigenvalue weighted by molar-refractivity contribution is 5.48. The Kier molecular flexibility index (Phi) is 4.23. The lowest BCUT2D eigenvalue weighted by molar-refractivity contribution is 0.198. The molecule has 3 nitrogen and oxygen atoms in total. The first kappa shape index (κ1) is 13.3. The van der Waals surface area contributed by atoms with E-state index in [9.17, 15) is 5.11 Å². The summed E-state index contributed by atoms with van der Waals surface area (Å²) in [7, 11) is 2.11. The minimum Gasteiger partial charge on any atom is -0.389 e. The zero-order chi connectivity index (χ0) is 13.1. The Hall–Kier alpha value is -1.09. The summed E-state index contributed by atoms with van der Waals surface area (Å²) in [6.07, 6.45) is 6.52. The van der Waals surface area contributed by atoms with Crippen LogP contribution in [0.1, 0.15) is 51.2 Å². The van der Waals surface area contributed by atoms with Crippen molar-refractivity contribution in [2.45, 2.75) is 51.7 Å². The molecule has 1 fully saturated rings. The van der Waals surface area contributed by atoms with Crippen LogP contribution < -0.4 is 4.90 Å². The van der Waals surface area contributed by atoms with Gasteiger partial charge in [0.05, 0.1) is 6.10 Å². The van der Waals surface area contributed by atoms with Gasteiger partial charge in [-0.05, 0) is 31.7 Å². The quantitative estimate of drug-likeness (QED) is 0.892. The molecule has 3 atom stereocenters. The number of nitrogens with zero attached hydrogens (tertiary/aromatic N) is 2. The smallest absolute Gasteiger partial charge is 0.134 e. The number of hydrogen-bond donors (Lipinski definition) is 1. The van der Waals surface area contributed by atoms with Crippen molar-refractivity contribution in [2.75, 3.05) is 11.9 Å². The van der Waals surface area contributed by atoms with E-state index in [1.165, 1.54) is 25.7 Å². The maximum absolute atomic E-state index is 9.85. The Morgan fingerprint density at radius 1 is 1.39 bits per heavy atom. The SMILES string of the molecule is CC1CCCCC1N(C)c1ncccc1[C@@H](C)O. The Morgan fingerprint density at radius 2 is 2.11 bits per heavy atom. The molecule has 0 aliphatic heterocycles. The van der Waals surface area contributed by atoms with E-state index >= 15 is 0 Å². The first-order valence-electron chi connectivity index (χ1n) is 6.97. The molecule has 1 aliphatic carbocycles. The highest BCUT2D eigenvalue weighted by Gasteiger charge is 2.27. The molecule has 0 radical (unpaired) electrons. The number of aliphatic hydroxyl groups is 1. The summed E-state index contributed by atoms with van der Waals surface area (Å²) in [6.45, 7) is 4.13. The van der Waals surface area contributed by atoms with E-state index in [1.807, 2.05) is 18.3 Å². The van der Waals surface area contributed by atoms with Crippen molar-refractivity contribution in [3.8, 4) is 0 Å². The van der Waals surface area contributed by atoms with Gasteiger partial charge in [0.15, 0.2) is 0 Å². The van der Waals surface area contributed by atoms with Crippen LogP contribution in [0, 0.1) is 5.92 Å². The van der Waals surface area contributed by atoms with Crippen LogP contribution in [0.3, 0.4) is 0 Å². The summed E-state index contributed by atoms with van der Waals surface area (Å²) in [5, 5.41) is 9.85. The van der Waals surface area contributed by atoms with Gasteiger partial charge >= 0.3 is 0 Å². The third kappa shape index (κ3) is 2.66. The molecule has 0 saturated heterocycles. The van der Waals surface area contributed by atoms with Crippen molar-refractivity contribution in [1.29, 1.82) is 0 Å². The van der Waals surface area contributed by atoms with Crippen LogP contribution in [0.2, 0.25) is 0 Å². The zero-order valence-electron chi connectivity index (χ0n) is 11.6. The van der Waals surface area contributed by atoms with Crippen LogP contribution in [0.4, 0.5) is 5.82 Å². The van der Waals surface area contributed by atoms with E-state index in [0.717, 1.165) is 11.4 Å². The third-order valence-electron chi connectivity index (χ3n) is 4.16.